The van der Waals surface area contributed by atoms with Crippen LogP contribution >= 0.6 is 0 Å². The molecule has 1 N–H and O–H groups in total. The zero-order valence-corrected chi connectivity index (χ0v) is 12.1. The molecule has 0 saturated carbocycles. The summed E-state index contributed by atoms with van der Waals surface area (Å²) < 4.78 is 23.4. The molecule has 0 spiro atoms. The minimum Gasteiger partial charge on any atom is -0.310 e. The van der Waals surface area contributed by atoms with Crippen molar-refractivity contribution in [3.63, 3.8) is 0 Å². The molecule has 1 heterocycles. The second-order valence-corrected chi connectivity index (χ2v) is 7.90. The molecule has 5 heteroatoms. The number of sulfone groups is 1. The van der Waals surface area contributed by atoms with Gasteiger partial charge >= 0.3 is 0 Å². The Kier molecular flexibility index (Phi) is 5.41. The molecule has 4 nitrogen and oxygen atoms in total. The third-order valence-electron chi connectivity index (χ3n) is 3.11. The quantitative estimate of drug-likeness (QED) is 0.799. The van der Waals surface area contributed by atoms with E-state index < -0.39 is 9.84 Å². The molecule has 0 amide bonds. The van der Waals surface area contributed by atoms with Crippen molar-refractivity contribution in [2.75, 3.05) is 37.7 Å². The van der Waals surface area contributed by atoms with Gasteiger partial charge < -0.3 is 10.2 Å². The standard InChI is InChI=1S/C12H26N2O2S/c1-4-9-17(15,16)10-8-14-7-5-6-13-12(2,3)11-14/h13H,4-11H2,1-3H3. The number of hydrogen-bond donors (Lipinski definition) is 1. The van der Waals surface area contributed by atoms with E-state index in [4.69, 9.17) is 0 Å². The molecule has 1 saturated heterocycles. The van der Waals surface area contributed by atoms with E-state index in [1.165, 1.54) is 0 Å². The van der Waals surface area contributed by atoms with E-state index in [-0.39, 0.29) is 5.54 Å². The molecule has 1 fully saturated rings. The highest BCUT2D eigenvalue weighted by atomic mass is 32.2. The van der Waals surface area contributed by atoms with Crippen LogP contribution in [0.15, 0.2) is 0 Å². The van der Waals surface area contributed by atoms with Crippen molar-refractivity contribution in [2.45, 2.75) is 39.2 Å². The molecular weight excluding hydrogens is 236 g/mol. The molecule has 0 aromatic rings. The van der Waals surface area contributed by atoms with E-state index in [0.29, 0.717) is 18.1 Å². The van der Waals surface area contributed by atoms with Gasteiger partial charge in [0.25, 0.3) is 0 Å². The summed E-state index contributed by atoms with van der Waals surface area (Å²) in [4.78, 5) is 2.27. The molecule has 0 unspecified atom stereocenters. The maximum atomic E-state index is 11.7. The van der Waals surface area contributed by atoms with Gasteiger partial charge in [0, 0.05) is 24.4 Å². The lowest BCUT2D eigenvalue weighted by Gasteiger charge is -2.29. The highest BCUT2D eigenvalue weighted by molar-refractivity contribution is 7.91. The Balaban J connectivity index is 2.45. The van der Waals surface area contributed by atoms with Crippen molar-refractivity contribution in [3.8, 4) is 0 Å². The molecule has 0 aromatic heterocycles. The van der Waals surface area contributed by atoms with Crippen LogP contribution in [-0.2, 0) is 9.84 Å². The lowest BCUT2D eigenvalue weighted by Crippen LogP contribution is -2.47. The fourth-order valence-corrected chi connectivity index (χ4v) is 3.66. The smallest absolute Gasteiger partial charge is 0.151 e. The highest BCUT2D eigenvalue weighted by Gasteiger charge is 2.24. The summed E-state index contributed by atoms with van der Waals surface area (Å²) in [6, 6.07) is 0. The molecule has 0 atom stereocenters. The Morgan fingerprint density at radius 3 is 2.65 bits per heavy atom. The van der Waals surface area contributed by atoms with Crippen molar-refractivity contribution < 1.29 is 8.42 Å². The molecule has 0 radical (unpaired) electrons. The van der Waals surface area contributed by atoms with Crippen molar-refractivity contribution in [3.05, 3.63) is 0 Å². The van der Waals surface area contributed by atoms with Crippen molar-refractivity contribution in [1.29, 1.82) is 0 Å². The molecule has 0 aromatic carbocycles. The van der Waals surface area contributed by atoms with Gasteiger partial charge in [-0.25, -0.2) is 8.42 Å². The van der Waals surface area contributed by atoms with Crippen LogP contribution in [0.4, 0.5) is 0 Å². The monoisotopic (exact) mass is 262 g/mol. The minimum absolute atomic E-state index is 0.0883. The van der Waals surface area contributed by atoms with Gasteiger partial charge in [-0.3, -0.25) is 0 Å². The van der Waals surface area contributed by atoms with E-state index >= 15 is 0 Å². The third kappa shape index (κ3) is 5.84. The molecule has 1 aliphatic rings. The van der Waals surface area contributed by atoms with Gasteiger partial charge in [-0.1, -0.05) is 6.92 Å². The molecule has 1 aliphatic heterocycles. The van der Waals surface area contributed by atoms with Gasteiger partial charge in [0.05, 0.1) is 5.75 Å². The van der Waals surface area contributed by atoms with Crippen LogP contribution in [0.5, 0.6) is 0 Å². The van der Waals surface area contributed by atoms with Gasteiger partial charge in [-0.05, 0) is 39.8 Å². The normalized spacial score (nSPS) is 22.3. The Bertz CT molecular complexity index is 325. The summed E-state index contributed by atoms with van der Waals surface area (Å²) in [5.74, 6) is 0.624. The largest absolute Gasteiger partial charge is 0.310 e. The first-order valence-electron chi connectivity index (χ1n) is 6.52. The minimum atomic E-state index is -2.84. The van der Waals surface area contributed by atoms with Crippen molar-refractivity contribution >= 4 is 9.84 Å². The average molecular weight is 262 g/mol. The first-order chi connectivity index (χ1) is 7.85. The van der Waals surface area contributed by atoms with Crippen LogP contribution in [0.2, 0.25) is 0 Å². The van der Waals surface area contributed by atoms with Crippen LogP contribution in [0.1, 0.15) is 33.6 Å². The lowest BCUT2D eigenvalue weighted by atomic mass is 10.1. The van der Waals surface area contributed by atoms with Gasteiger partial charge in [0.15, 0.2) is 9.84 Å². The maximum Gasteiger partial charge on any atom is 0.151 e. The number of nitrogens with zero attached hydrogens (tertiary/aromatic N) is 1. The van der Waals surface area contributed by atoms with Crippen molar-refractivity contribution in [1.82, 2.24) is 10.2 Å². The summed E-state index contributed by atoms with van der Waals surface area (Å²) >= 11 is 0. The van der Waals surface area contributed by atoms with Crippen LogP contribution in [-0.4, -0.2) is 56.5 Å². The van der Waals surface area contributed by atoms with Gasteiger partial charge in [0.2, 0.25) is 0 Å². The molecule has 17 heavy (non-hydrogen) atoms. The number of rotatable bonds is 5. The van der Waals surface area contributed by atoms with E-state index in [2.05, 4.69) is 24.1 Å². The van der Waals surface area contributed by atoms with Crippen LogP contribution in [0.25, 0.3) is 0 Å². The molecule has 0 bridgehead atoms. The Hall–Kier alpha value is -0.130. The van der Waals surface area contributed by atoms with E-state index in [9.17, 15) is 8.42 Å². The predicted molar refractivity (Wildman–Crippen MR) is 72.1 cm³/mol. The topological polar surface area (TPSA) is 49.4 Å². The predicted octanol–water partition coefficient (Wildman–Crippen LogP) is 0.885. The summed E-state index contributed by atoms with van der Waals surface area (Å²) in [7, 11) is -2.84. The van der Waals surface area contributed by atoms with Gasteiger partial charge in [0.1, 0.15) is 0 Å². The SMILES string of the molecule is CCCS(=O)(=O)CCN1CCCNC(C)(C)C1. The lowest BCUT2D eigenvalue weighted by molar-refractivity contribution is 0.242. The third-order valence-corrected chi connectivity index (χ3v) is 4.94. The van der Waals surface area contributed by atoms with Crippen molar-refractivity contribution in [2.24, 2.45) is 0 Å². The summed E-state index contributed by atoms with van der Waals surface area (Å²) in [5, 5.41) is 3.48. The van der Waals surface area contributed by atoms with Gasteiger partial charge in [-0.15, -0.1) is 0 Å². The fraction of sp³-hybridized carbons (Fsp3) is 1.00. The Labute approximate surface area is 106 Å². The fourth-order valence-electron chi connectivity index (χ4n) is 2.30. The van der Waals surface area contributed by atoms with E-state index in [1.54, 1.807) is 0 Å². The molecule has 102 valence electrons. The number of nitrogens with one attached hydrogen (secondary N) is 1. The molecular formula is C12H26N2O2S. The number of hydrogen-bond acceptors (Lipinski definition) is 4. The van der Waals surface area contributed by atoms with Crippen LogP contribution in [0.3, 0.4) is 0 Å². The second kappa shape index (κ2) is 6.16. The molecule has 0 aliphatic carbocycles. The van der Waals surface area contributed by atoms with Crippen LogP contribution < -0.4 is 5.32 Å². The zero-order chi connectivity index (χ0) is 12.9. The summed E-state index contributed by atoms with van der Waals surface area (Å²) in [5.41, 5.74) is 0.0883. The second-order valence-electron chi connectivity index (χ2n) is 5.59. The first-order valence-corrected chi connectivity index (χ1v) is 8.34. The molecule has 1 rings (SSSR count). The van der Waals surface area contributed by atoms with Crippen LogP contribution in [0, 0.1) is 0 Å². The highest BCUT2D eigenvalue weighted by Crippen LogP contribution is 2.10. The first kappa shape index (κ1) is 14.9. The van der Waals surface area contributed by atoms with Gasteiger partial charge in [-0.2, -0.15) is 0 Å². The zero-order valence-electron chi connectivity index (χ0n) is 11.3. The summed E-state index contributed by atoms with van der Waals surface area (Å²) in [6.45, 7) is 9.87. The van der Waals surface area contributed by atoms with E-state index in [0.717, 1.165) is 32.5 Å². The average Bonchev–Trinajstić information content (AvgIpc) is 2.36. The van der Waals surface area contributed by atoms with E-state index in [1.807, 2.05) is 6.92 Å². The Morgan fingerprint density at radius 2 is 2.00 bits per heavy atom. The maximum absolute atomic E-state index is 11.7. The Morgan fingerprint density at radius 1 is 1.29 bits per heavy atom. The summed E-state index contributed by atoms with van der Waals surface area (Å²) in [6.07, 6.45) is 1.81.